The van der Waals surface area contributed by atoms with E-state index in [-0.39, 0.29) is 12.5 Å². The van der Waals surface area contributed by atoms with Crippen LogP contribution in [0.15, 0.2) is 42.5 Å². The lowest BCUT2D eigenvalue weighted by atomic mass is 10.1. The number of carbonyl (C=O) groups excluding carboxylic acids is 2. The second kappa shape index (κ2) is 12.9. The van der Waals surface area contributed by atoms with Crippen molar-refractivity contribution in [3.05, 3.63) is 63.6 Å². The van der Waals surface area contributed by atoms with E-state index in [4.69, 9.17) is 37.4 Å². The lowest BCUT2D eigenvalue weighted by molar-refractivity contribution is -0.143. The molecule has 2 rings (SSSR count). The summed E-state index contributed by atoms with van der Waals surface area (Å²) in [6.45, 7) is 4.93. The highest BCUT2D eigenvalue weighted by atomic mass is 35.5. The zero-order valence-electron chi connectivity index (χ0n) is 17.5. The second-order valence-electron chi connectivity index (χ2n) is 6.35. The predicted molar refractivity (Wildman–Crippen MR) is 122 cm³/mol. The fraction of sp³-hybridized carbons (Fsp3) is 0.304. The van der Waals surface area contributed by atoms with Crippen molar-refractivity contribution in [2.75, 3.05) is 26.4 Å². The summed E-state index contributed by atoms with van der Waals surface area (Å²) < 4.78 is 16.1. The molecule has 1 amide bonds. The SMILES string of the molecule is CCOc1ccc(CCNC(=O)COC(=O)C=Cc2ccc(Cl)cc2Cl)cc1OCC. The molecule has 0 saturated carbocycles. The van der Waals surface area contributed by atoms with Crippen molar-refractivity contribution in [3.63, 3.8) is 0 Å². The molecule has 0 atom stereocenters. The molecule has 0 aliphatic heterocycles. The van der Waals surface area contributed by atoms with Crippen LogP contribution in [0.5, 0.6) is 11.5 Å². The highest BCUT2D eigenvalue weighted by molar-refractivity contribution is 6.35. The Hall–Kier alpha value is -2.70. The van der Waals surface area contributed by atoms with Gasteiger partial charge in [0.15, 0.2) is 18.1 Å². The smallest absolute Gasteiger partial charge is 0.331 e. The third-order valence-electron chi connectivity index (χ3n) is 4.05. The Kier molecular flexibility index (Phi) is 10.2. The number of nitrogens with one attached hydrogen (secondary N) is 1. The van der Waals surface area contributed by atoms with Crippen molar-refractivity contribution in [1.82, 2.24) is 5.32 Å². The molecule has 166 valence electrons. The van der Waals surface area contributed by atoms with Crippen molar-refractivity contribution < 1.29 is 23.8 Å². The van der Waals surface area contributed by atoms with E-state index in [1.165, 1.54) is 12.2 Å². The first kappa shape index (κ1) is 24.6. The maximum atomic E-state index is 11.9. The molecule has 0 radical (unpaired) electrons. The summed E-state index contributed by atoms with van der Waals surface area (Å²) in [6.07, 6.45) is 3.31. The van der Waals surface area contributed by atoms with Crippen LogP contribution in [0.3, 0.4) is 0 Å². The normalized spacial score (nSPS) is 10.7. The maximum absolute atomic E-state index is 11.9. The number of benzene rings is 2. The van der Waals surface area contributed by atoms with Crippen LogP contribution in [0.2, 0.25) is 10.0 Å². The molecule has 0 unspecified atom stereocenters. The van der Waals surface area contributed by atoms with Crippen molar-refractivity contribution in [1.29, 1.82) is 0 Å². The minimum Gasteiger partial charge on any atom is -0.490 e. The molecule has 6 nitrogen and oxygen atoms in total. The number of esters is 1. The third-order valence-corrected chi connectivity index (χ3v) is 4.61. The van der Waals surface area contributed by atoms with Crippen LogP contribution in [0, 0.1) is 0 Å². The first-order valence-electron chi connectivity index (χ1n) is 9.88. The van der Waals surface area contributed by atoms with Crippen molar-refractivity contribution in [2.24, 2.45) is 0 Å². The van der Waals surface area contributed by atoms with E-state index < -0.39 is 5.97 Å². The molecule has 1 N–H and O–H groups in total. The molecule has 31 heavy (non-hydrogen) atoms. The lowest BCUT2D eigenvalue weighted by Gasteiger charge is -2.12. The average Bonchev–Trinajstić information content (AvgIpc) is 2.73. The molecule has 2 aromatic carbocycles. The number of hydrogen-bond acceptors (Lipinski definition) is 5. The van der Waals surface area contributed by atoms with Crippen molar-refractivity contribution in [2.45, 2.75) is 20.3 Å². The Morgan fingerprint density at radius 2 is 1.74 bits per heavy atom. The third kappa shape index (κ3) is 8.52. The number of hydrogen-bond donors (Lipinski definition) is 1. The van der Waals surface area contributed by atoms with Gasteiger partial charge in [0.05, 0.1) is 13.2 Å². The Morgan fingerprint density at radius 3 is 2.45 bits per heavy atom. The van der Waals surface area contributed by atoms with Gasteiger partial charge in [-0.05, 0) is 61.7 Å². The minimum absolute atomic E-state index is 0.370. The highest BCUT2D eigenvalue weighted by Gasteiger charge is 2.08. The van der Waals surface area contributed by atoms with Gasteiger partial charge in [-0.15, -0.1) is 0 Å². The predicted octanol–water partition coefficient (Wildman–Crippen LogP) is 4.71. The fourth-order valence-electron chi connectivity index (χ4n) is 2.63. The molecule has 0 heterocycles. The summed E-state index contributed by atoms with van der Waals surface area (Å²) in [5.74, 6) is 0.336. The molecule has 8 heteroatoms. The number of amides is 1. The standard InChI is InChI=1S/C23H25Cl2NO5/c1-3-29-20-9-5-16(13-21(20)30-4-2)11-12-26-22(27)15-31-23(28)10-7-17-6-8-18(24)14-19(17)25/h5-10,13-14H,3-4,11-12,15H2,1-2H3,(H,26,27). The van der Waals surface area contributed by atoms with E-state index in [0.717, 1.165) is 5.56 Å². The van der Waals surface area contributed by atoms with Gasteiger partial charge in [-0.1, -0.05) is 35.3 Å². The first-order chi connectivity index (χ1) is 14.9. The van der Waals surface area contributed by atoms with Crippen molar-refractivity contribution >= 4 is 41.2 Å². The molecular weight excluding hydrogens is 441 g/mol. The van der Waals surface area contributed by atoms with Crippen LogP contribution in [0.4, 0.5) is 0 Å². The van der Waals surface area contributed by atoms with Crippen molar-refractivity contribution in [3.8, 4) is 11.5 Å². The summed E-state index contributed by atoms with van der Waals surface area (Å²) in [6, 6.07) is 10.6. The van der Waals surface area contributed by atoms with Crippen LogP contribution in [-0.4, -0.2) is 38.2 Å². The maximum Gasteiger partial charge on any atom is 0.331 e. The molecule has 0 aliphatic rings. The number of halogens is 2. The molecule has 0 bridgehead atoms. The second-order valence-corrected chi connectivity index (χ2v) is 7.20. The Bertz CT molecular complexity index is 930. The van der Waals surface area contributed by atoms with Gasteiger partial charge in [-0.25, -0.2) is 4.79 Å². The van der Waals surface area contributed by atoms with Crippen LogP contribution >= 0.6 is 23.2 Å². The summed E-state index contributed by atoms with van der Waals surface area (Å²) in [5.41, 5.74) is 1.61. The Morgan fingerprint density at radius 1 is 1.00 bits per heavy atom. The summed E-state index contributed by atoms with van der Waals surface area (Å²) in [5, 5.41) is 3.63. The van der Waals surface area contributed by atoms with Gasteiger partial charge in [-0.3, -0.25) is 4.79 Å². The first-order valence-corrected chi connectivity index (χ1v) is 10.6. The molecule has 0 aromatic heterocycles. The van der Waals surface area contributed by atoms with E-state index in [1.54, 1.807) is 18.2 Å². The molecule has 0 fully saturated rings. The van der Waals surface area contributed by atoms with Crippen LogP contribution in [0.25, 0.3) is 6.08 Å². The molecular formula is C23H25Cl2NO5. The van der Waals surface area contributed by atoms with Crippen LogP contribution in [0.1, 0.15) is 25.0 Å². The van der Waals surface area contributed by atoms with E-state index in [9.17, 15) is 9.59 Å². The quantitative estimate of drug-likeness (QED) is 0.384. The van der Waals surface area contributed by atoms with Gasteiger partial charge < -0.3 is 19.5 Å². The van der Waals surface area contributed by atoms with Gasteiger partial charge in [-0.2, -0.15) is 0 Å². The fourth-order valence-corrected chi connectivity index (χ4v) is 3.10. The van der Waals surface area contributed by atoms with Gasteiger partial charge in [0.2, 0.25) is 0 Å². The highest BCUT2D eigenvalue weighted by Crippen LogP contribution is 2.28. The lowest BCUT2D eigenvalue weighted by Crippen LogP contribution is -2.30. The van der Waals surface area contributed by atoms with Crippen LogP contribution in [-0.2, 0) is 20.7 Å². The topological polar surface area (TPSA) is 73.9 Å². The molecule has 0 spiro atoms. The number of carbonyl (C=O) groups is 2. The van der Waals surface area contributed by atoms with E-state index >= 15 is 0 Å². The zero-order chi connectivity index (χ0) is 22.6. The van der Waals surface area contributed by atoms with E-state index in [1.807, 2.05) is 32.0 Å². The van der Waals surface area contributed by atoms with Crippen LogP contribution < -0.4 is 14.8 Å². The summed E-state index contributed by atoms with van der Waals surface area (Å²) in [7, 11) is 0. The van der Waals surface area contributed by atoms with E-state index in [0.29, 0.717) is 53.3 Å². The number of ether oxygens (including phenoxy) is 3. The number of rotatable bonds is 11. The van der Waals surface area contributed by atoms with Gasteiger partial charge >= 0.3 is 5.97 Å². The summed E-state index contributed by atoms with van der Waals surface area (Å²) in [4.78, 5) is 23.7. The molecule has 0 saturated heterocycles. The summed E-state index contributed by atoms with van der Waals surface area (Å²) >= 11 is 11.9. The van der Waals surface area contributed by atoms with E-state index in [2.05, 4.69) is 5.32 Å². The molecule has 0 aliphatic carbocycles. The molecule has 2 aromatic rings. The zero-order valence-corrected chi connectivity index (χ0v) is 19.0. The van der Waals surface area contributed by atoms with Gasteiger partial charge in [0.1, 0.15) is 0 Å². The van der Waals surface area contributed by atoms with Gasteiger partial charge in [0, 0.05) is 22.7 Å². The van der Waals surface area contributed by atoms with Gasteiger partial charge in [0.25, 0.3) is 5.91 Å². The monoisotopic (exact) mass is 465 g/mol. The average molecular weight is 466 g/mol. The Labute approximate surface area is 192 Å². The largest absolute Gasteiger partial charge is 0.490 e. The minimum atomic E-state index is -0.644. The Balaban J connectivity index is 1.76.